The van der Waals surface area contributed by atoms with Gasteiger partial charge in [-0.25, -0.2) is 5.01 Å². The monoisotopic (exact) mass is 470 g/mol. The molecular formula is C29H30N2O4. The number of hydrogen-bond acceptors (Lipinski definition) is 5. The lowest BCUT2D eigenvalue weighted by Crippen LogP contribution is -2.31. The number of rotatable bonds is 7. The quantitative estimate of drug-likeness (QED) is 0.395. The second-order valence-electron chi connectivity index (χ2n) is 8.73. The molecule has 0 saturated heterocycles. The van der Waals surface area contributed by atoms with Crippen LogP contribution in [0, 0.1) is 5.92 Å². The lowest BCUT2D eigenvalue weighted by Gasteiger charge is -2.29. The first-order valence-electron chi connectivity index (χ1n) is 12.3. The van der Waals surface area contributed by atoms with Crippen molar-refractivity contribution in [2.24, 2.45) is 11.0 Å². The molecule has 2 heterocycles. The molecule has 180 valence electrons. The van der Waals surface area contributed by atoms with Gasteiger partial charge in [0.1, 0.15) is 11.5 Å². The van der Waals surface area contributed by atoms with E-state index in [9.17, 15) is 4.79 Å². The van der Waals surface area contributed by atoms with Crippen molar-refractivity contribution in [3.63, 3.8) is 0 Å². The second kappa shape index (κ2) is 10.2. The van der Waals surface area contributed by atoms with E-state index in [0.717, 1.165) is 47.6 Å². The molecule has 3 aromatic rings. The van der Waals surface area contributed by atoms with E-state index in [-0.39, 0.29) is 17.9 Å². The number of amides is 1. The standard InChI is InChI=1S/C29H30N2O4/c1-3-33-23-14-10-20(11-15-23)19-22-7-5-8-25-27(22)30-31(29(32)26-9-6-18-35-26)28(25)21-12-16-24(17-13-21)34-4-2/h6,9-19,25,28H,3-5,7-8H2,1-2H3/b22-19+/t25-,28-/m0/s1. The van der Waals surface area contributed by atoms with Gasteiger partial charge in [0.05, 0.1) is 31.2 Å². The van der Waals surface area contributed by atoms with E-state index in [2.05, 4.69) is 18.2 Å². The van der Waals surface area contributed by atoms with E-state index in [4.69, 9.17) is 19.0 Å². The number of ether oxygens (including phenoxy) is 2. The molecule has 5 rings (SSSR count). The van der Waals surface area contributed by atoms with E-state index < -0.39 is 0 Å². The number of carbonyl (C=O) groups excluding carboxylic acids is 1. The van der Waals surface area contributed by atoms with Gasteiger partial charge in [0.25, 0.3) is 0 Å². The first-order valence-corrected chi connectivity index (χ1v) is 12.3. The van der Waals surface area contributed by atoms with Gasteiger partial charge >= 0.3 is 5.91 Å². The van der Waals surface area contributed by atoms with Crippen LogP contribution in [-0.4, -0.2) is 29.8 Å². The number of hydrazone groups is 1. The van der Waals surface area contributed by atoms with Crippen LogP contribution in [0.4, 0.5) is 0 Å². The highest BCUT2D eigenvalue weighted by Crippen LogP contribution is 2.45. The maximum Gasteiger partial charge on any atom is 0.310 e. The van der Waals surface area contributed by atoms with Crippen LogP contribution in [0.5, 0.6) is 11.5 Å². The molecule has 0 N–H and O–H groups in total. The van der Waals surface area contributed by atoms with Gasteiger partial charge in [-0.15, -0.1) is 0 Å². The molecule has 1 fully saturated rings. The summed E-state index contributed by atoms with van der Waals surface area (Å²) < 4.78 is 16.6. The molecule has 2 atom stereocenters. The highest BCUT2D eigenvalue weighted by atomic mass is 16.5. The summed E-state index contributed by atoms with van der Waals surface area (Å²) in [6.45, 7) is 5.20. The summed E-state index contributed by atoms with van der Waals surface area (Å²) >= 11 is 0. The van der Waals surface area contributed by atoms with Gasteiger partial charge in [-0.2, -0.15) is 5.10 Å². The number of nitrogens with zero attached hydrogens (tertiary/aromatic N) is 2. The minimum Gasteiger partial charge on any atom is -0.494 e. The van der Waals surface area contributed by atoms with Crippen LogP contribution in [0.1, 0.15) is 60.8 Å². The molecule has 35 heavy (non-hydrogen) atoms. The first kappa shape index (κ1) is 23.0. The van der Waals surface area contributed by atoms with Crippen LogP contribution in [0.15, 0.2) is 82.0 Å². The van der Waals surface area contributed by atoms with Crippen molar-refractivity contribution in [3.05, 3.63) is 89.4 Å². The Morgan fingerprint density at radius 3 is 2.34 bits per heavy atom. The van der Waals surface area contributed by atoms with E-state index in [1.54, 1.807) is 17.1 Å². The Balaban J connectivity index is 1.50. The summed E-state index contributed by atoms with van der Waals surface area (Å²) in [5, 5.41) is 6.54. The molecule has 0 spiro atoms. The van der Waals surface area contributed by atoms with Crippen molar-refractivity contribution >= 4 is 17.7 Å². The third-order valence-corrected chi connectivity index (χ3v) is 6.51. The van der Waals surface area contributed by atoms with E-state index in [1.165, 1.54) is 11.8 Å². The van der Waals surface area contributed by atoms with Crippen molar-refractivity contribution in [2.75, 3.05) is 13.2 Å². The minimum absolute atomic E-state index is 0.120. The molecule has 0 bridgehead atoms. The van der Waals surface area contributed by atoms with Gasteiger partial charge < -0.3 is 13.9 Å². The number of fused-ring (bicyclic) bond motifs is 1. The van der Waals surface area contributed by atoms with E-state index in [0.29, 0.717) is 19.0 Å². The van der Waals surface area contributed by atoms with Crippen molar-refractivity contribution < 1.29 is 18.7 Å². The summed E-state index contributed by atoms with van der Waals surface area (Å²) in [6.07, 6.45) is 6.66. The Labute approximate surface area is 205 Å². The van der Waals surface area contributed by atoms with Crippen LogP contribution < -0.4 is 9.47 Å². The molecule has 1 aliphatic carbocycles. The molecule has 2 aliphatic rings. The largest absolute Gasteiger partial charge is 0.494 e. The maximum absolute atomic E-state index is 13.4. The van der Waals surface area contributed by atoms with Crippen molar-refractivity contribution in [1.82, 2.24) is 5.01 Å². The average molecular weight is 471 g/mol. The summed E-state index contributed by atoms with van der Waals surface area (Å²) in [5.41, 5.74) is 4.31. The minimum atomic E-state index is -0.226. The molecule has 0 radical (unpaired) electrons. The molecule has 0 unspecified atom stereocenters. The normalized spacial score (nSPS) is 20.5. The van der Waals surface area contributed by atoms with Crippen molar-refractivity contribution in [3.8, 4) is 11.5 Å². The third-order valence-electron chi connectivity index (χ3n) is 6.51. The highest BCUT2D eigenvalue weighted by Gasteiger charge is 2.44. The van der Waals surface area contributed by atoms with Crippen LogP contribution >= 0.6 is 0 Å². The number of carbonyl (C=O) groups is 1. The Morgan fingerprint density at radius 1 is 1.03 bits per heavy atom. The Bertz CT molecular complexity index is 1210. The smallest absolute Gasteiger partial charge is 0.310 e. The summed E-state index contributed by atoms with van der Waals surface area (Å²) in [4.78, 5) is 13.4. The predicted octanol–water partition coefficient (Wildman–Crippen LogP) is 6.51. The SMILES string of the molecule is CCOc1ccc(/C=C2\CCC[C@H]3C2=NN(C(=O)c2ccco2)[C@H]3c2ccc(OCC)cc2)cc1. The van der Waals surface area contributed by atoms with Crippen LogP contribution in [0.25, 0.3) is 6.08 Å². The Hall–Kier alpha value is -3.80. The van der Waals surface area contributed by atoms with Gasteiger partial charge in [-0.1, -0.05) is 24.3 Å². The number of benzene rings is 2. The summed E-state index contributed by atoms with van der Waals surface area (Å²) in [6, 6.07) is 19.3. The summed E-state index contributed by atoms with van der Waals surface area (Å²) in [7, 11) is 0. The molecule has 1 aromatic heterocycles. The summed E-state index contributed by atoms with van der Waals surface area (Å²) in [5.74, 6) is 1.87. The number of furan rings is 1. The molecule has 6 nitrogen and oxygen atoms in total. The van der Waals surface area contributed by atoms with Crippen LogP contribution in [0.2, 0.25) is 0 Å². The highest BCUT2D eigenvalue weighted by molar-refractivity contribution is 6.09. The Morgan fingerprint density at radius 2 is 1.71 bits per heavy atom. The molecule has 6 heteroatoms. The first-order chi connectivity index (χ1) is 17.2. The number of allylic oxidation sites excluding steroid dienone is 1. The maximum atomic E-state index is 13.4. The second-order valence-corrected chi connectivity index (χ2v) is 8.73. The lowest BCUT2D eigenvalue weighted by atomic mass is 9.77. The lowest BCUT2D eigenvalue weighted by molar-refractivity contribution is 0.0648. The van der Waals surface area contributed by atoms with Crippen LogP contribution in [0.3, 0.4) is 0 Å². The topological polar surface area (TPSA) is 64.3 Å². The van der Waals surface area contributed by atoms with Gasteiger partial charge in [-0.05, 0) is 92.3 Å². The van der Waals surface area contributed by atoms with Gasteiger partial charge in [-0.3, -0.25) is 4.79 Å². The van der Waals surface area contributed by atoms with Crippen molar-refractivity contribution in [2.45, 2.75) is 39.2 Å². The molecule has 1 aliphatic heterocycles. The zero-order valence-electron chi connectivity index (χ0n) is 20.1. The molecule has 2 aromatic carbocycles. The van der Waals surface area contributed by atoms with Crippen LogP contribution in [-0.2, 0) is 0 Å². The fraction of sp³-hybridized carbons (Fsp3) is 0.310. The fourth-order valence-corrected chi connectivity index (χ4v) is 4.97. The Kier molecular flexibility index (Phi) is 6.70. The predicted molar refractivity (Wildman–Crippen MR) is 136 cm³/mol. The fourth-order valence-electron chi connectivity index (χ4n) is 4.97. The zero-order chi connectivity index (χ0) is 24.2. The van der Waals surface area contributed by atoms with E-state index >= 15 is 0 Å². The average Bonchev–Trinajstić information content (AvgIpc) is 3.55. The van der Waals surface area contributed by atoms with E-state index in [1.807, 2.05) is 50.2 Å². The zero-order valence-corrected chi connectivity index (χ0v) is 20.1. The molecule has 1 saturated carbocycles. The van der Waals surface area contributed by atoms with Crippen molar-refractivity contribution in [1.29, 1.82) is 0 Å². The third kappa shape index (κ3) is 4.74. The molecular weight excluding hydrogens is 440 g/mol. The van der Waals surface area contributed by atoms with Gasteiger partial charge in [0.2, 0.25) is 0 Å². The number of hydrogen-bond donors (Lipinski definition) is 0. The molecule has 1 amide bonds. The van der Waals surface area contributed by atoms with Gasteiger partial charge in [0, 0.05) is 5.92 Å². The van der Waals surface area contributed by atoms with Gasteiger partial charge in [0.15, 0.2) is 5.76 Å².